The van der Waals surface area contributed by atoms with E-state index in [1.165, 1.54) is 32.4 Å². The summed E-state index contributed by atoms with van der Waals surface area (Å²) in [5.41, 5.74) is 0.922. The van der Waals surface area contributed by atoms with Crippen molar-refractivity contribution in [1.82, 2.24) is 10.2 Å². The minimum Gasteiger partial charge on any atom is -0.385 e. The van der Waals surface area contributed by atoms with Gasteiger partial charge >= 0.3 is 0 Å². The molecule has 3 nitrogen and oxygen atoms in total. The van der Waals surface area contributed by atoms with E-state index in [1.807, 2.05) is 7.11 Å². The van der Waals surface area contributed by atoms with Crippen molar-refractivity contribution in [3.8, 4) is 0 Å². The molecule has 2 aliphatic rings. The van der Waals surface area contributed by atoms with Crippen molar-refractivity contribution in [3.63, 3.8) is 0 Å². The van der Waals surface area contributed by atoms with Gasteiger partial charge in [0.15, 0.2) is 0 Å². The predicted octanol–water partition coefficient (Wildman–Crippen LogP) is 2.51. The minimum atomic E-state index is 0.349. The Kier molecular flexibility index (Phi) is 4.59. The van der Waals surface area contributed by atoms with E-state index in [1.54, 1.807) is 0 Å². The van der Waals surface area contributed by atoms with Gasteiger partial charge in [-0.15, -0.1) is 0 Å². The molecule has 112 valence electrons. The predicted molar refractivity (Wildman–Crippen MR) is 80.4 cm³/mol. The fourth-order valence-electron chi connectivity index (χ4n) is 3.13. The molecule has 0 aromatic carbocycles. The number of methoxy groups -OCH3 is 1. The molecule has 0 radical (unpaired) electrons. The summed E-state index contributed by atoms with van der Waals surface area (Å²) in [6.07, 6.45) is 4.03. The molecule has 0 aromatic heterocycles. The van der Waals surface area contributed by atoms with Gasteiger partial charge in [0.2, 0.25) is 0 Å². The summed E-state index contributed by atoms with van der Waals surface area (Å²) in [6.45, 7) is 13.9. The summed E-state index contributed by atoms with van der Waals surface area (Å²) in [7, 11) is 1.82. The zero-order chi connectivity index (χ0) is 14.1. The monoisotopic (exact) mass is 268 g/mol. The van der Waals surface area contributed by atoms with Crippen LogP contribution in [-0.4, -0.2) is 50.3 Å². The summed E-state index contributed by atoms with van der Waals surface area (Å²) in [5, 5.41) is 3.72. The van der Waals surface area contributed by atoms with Crippen LogP contribution in [0.4, 0.5) is 0 Å². The lowest BCUT2D eigenvalue weighted by atomic mass is 9.84. The largest absolute Gasteiger partial charge is 0.385 e. The first-order valence-electron chi connectivity index (χ1n) is 7.83. The van der Waals surface area contributed by atoms with Crippen molar-refractivity contribution in [2.45, 2.75) is 59.0 Å². The van der Waals surface area contributed by atoms with Crippen LogP contribution >= 0.6 is 0 Å². The molecule has 1 saturated heterocycles. The molecule has 19 heavy (non-hydrogen) atoms. The fraction of sp³-hybridized carbons (Fsp3) is 1.00. The van der Waals surface area contributed by atoms with E-state index in [-0.39, 0.29) is 0 Å². The second-order valence-electron chi connectivity index (χ2n) is 7.85. The van der Waals surface area contributed by atoms with Crippen LogP contribution < -0.4 is 5.32 Å². The van der Waals surface area contributed by atoms with Crippen molar-refractivity contribution in [3.05, 3.63) is 0 Å². The molecule has 0 bridgehead atoms. The van der Waals surface area contributed by atoms with Crippen LogP contribution in [0.5, 0.6) is 0 Å². The van der Waals surface area contributed by atoms with Gasteiger partial charge < -0.3 is 10.1 Å². The maximum atomic E-state index is 5.28. The Balaban J connectivity index is 1.91. The molecule has 2 atom stereocenters. The third-order valence-corrected chi connectivity index (χ3v) is 5.08. The third kappa shape index (κ3) is 3.93. The molecule has 1 saturated carbocycles. The zero-order valence-corrected chi connectivity index (χ0v) is 13.5. The van der Waals surface area contributed by atoms with E-state index in [9.17, 15) is 0 Å². The number of piperazine rings is 1. The zero-order valence-electron chi connectivity index (χ0n) is 13.5. The summed E-state index contributed by atoms with van der Waals surface area (Å²) in [5.74, 6) is 0. The smallest absolute Gasteiger partial charge is 0.0468 e. The van der Waals surface area contributed by atoms with Crippen molar-refractivity contribution in [2.24, 2.45) is 10.8 Å². The highest BCUT2D eigenvalue weighted by atomic mass is 16.5. The number of hydrogen-bond donors (Lipinski definition) is 1. The topological polar surface area (TPSA) is 24.5 Å². The van der Waals surface area contributed by atoms with Gasteiger partial charge in [-0.1, -0.05) is 20.8 Å². The molecule has 1 N–H and O–H groups in total. The van der Waals surface area contributed by atoms with Gasteiger partial charge in [0, 0.05) is 45.4 Å². The highest BCUT2D eigenvalue weighted by Crippen LogP contribution is 2.49. The van der Waals surface area contributed by atoms with Gasteiger partial charge in [-0.05, 0) is 37.0 Å². The standard InChI is InChI=1S/C16H32N2O/c1-13-10-17-14(15(2,3)4)11-18(13)12-16(6-7-16)8-9-19-5/h13-14,17H,6-12H2,1-5H3. The Morgan fingerprint density at radius 3 is 2.53 bits per heavy atom. The second kappa shape index (κ2) is 5.71. The molecule has 0 amide bonds. The van der Waals surface area contributed by atoms with Crippen LogP contribution in [0.25, 0.3) is 0 Å². The fourth-order valence-corrected chi connectivity index (χ4v) is 3.13. The van der Waals surface area contributed by atoms with Gasteiger partial charge in [0.25, 0.3) is 0 Å². The Morgan fingerprint density at radius 1 is 1.32 bits per heavy atom. The molecule has 1 heterocycles. The quantitative estimate of drug-likeness (QED) is 0.829. The molecule has 0 spiro atoms. The van der Waals surface area contributed by atoms with Crippen molar-refractivity contribution >= 4 is 0 Å². The van der Waals surface area contributed by atoms with E-state index < -0.39 is 0 Å². The van der Waals surface area contributed by atoms with E-state index >= 15 is 0 Å². The molecular weight excluding hydrogens is 236 g/mol. The third-order valence-electron chi connectivity index (χ3n) is 5.08. The summed E-state index contributed by atoms with van der Waals surface area (Å²) < 4.78 is 5.28. The van der Waals surface area contributed by atoms with Crippen LogP contribution in [-0.2, 0) is 4.74 Å². The SMILES string of the molecule is COCCC1(CN2CC(C(C)(C)C)NCC2C)CC1. The normalized spacial score (nSPS) is 31.4. The number of rotatable bonds is 5. The van der Waals surface area contributed by atoms with E-state index in [0.29, 0.717) is 22.9 Å². The molecule has 3 heteroatoms. The molecule has 1 aliphatic carbocycles. The molecular formula is C16H32N2O. The second-order valence-corrected chi connectivity index (χ2v) is 7.85. The van der Waals surface area contributed by atoms with Crippen molar-refractivity contribution < 1.29 is 4.74 Å². The van der Waals surface area contributed by atoms with Crippen molar-refractivity contribution in [1.29, 1.82) is 0 Å². The molecule has 0 aromatic rings. The van der Waals surface area contributed by atoms with Crippen molar-refractivity contribution in [2.75, 3.05) is 33.4 Å². The lowest BCUT2D eigenvalue weighted by Gasteiger charge is -2.45. The molecule has 2 fully saturated rings. The lowest BCUT2D eigenvalue weighted by Crippen LogP contribution is -2.60. The Hall–Kier alpha value is -0.120. The minimum absolute atomic E-state index is 0.349. The van der Waals surface area contributed by atoms with E-state index in [0.717, 1.165) is 13.2 Å². The van der Waals surface area contributed by atoms with Gasteiger partial charge in [-0.2, -0.15) is 0 Å². The molecule has 2 unspecified atom stereocenters. The summed E-state index contributed by atoms with van der Waals surface area (Å²) in [6, 6.07) is 1.28. The summed E-state index contributed by atoms with van der Waals surface area (Å²) >= 11 is 0. The van der Waals surface area contributed by atoms with Crippen LogP contribution in [0.3, 0.4) is 0 Å². The first kappa shape index (κ1) is 15.3. The number of ether oxygens (including phenoxy) is 1. The summed E-state index contributed by atoms with van der Waals surface area (Å²) in [4.78, 5) is 2.72. The van der Waals surface area contributed by atoms with Gasteiger partial charge in [0.05, 0.1) is 0 Å². The maximum Gasteiger partial charge on any atom is 0.0468 e. The lowest BCUT2D eigenvalue weighted by molar-refractivity contribution is 0.0665. The Bertz CT molecular complexity index is 294. The van der Waals surface area contributed by atoms with Crippen LogP contribution in [0.1, 0.15) is 47.0 Å². The number of hydrogen-bond acceptors (Lipinski definition) is 3. The molecule has 1 aliphatic heterocycles. The number of nitrogens with one attached hydrogen (secondary N) is 1. The van der Waals surface area contributed by atoms with Crippen LogP contribution in [0.2, 0.25) is 0 Å². The first-order chi connectivity index (χ1) is 8.86. The van der Waals surface area contributed by atoms with Gasteiger partial charge in [-0.3, -0.25) is 4.90 Å². The van der Waals surface area contributed by atoms with Crippen LogP contribution in [0.15, 0.2) is 0 Å². The van der Waals surface area contributed by atoms with E-state index in [2.05, 4.69) is 37.9 Å². The highest BCUT2D eigenvalue weighted by Gasteiger charge is 2.45. The average Bonchev–Trinajstić information content (AvgIpc) is 3.08. The highest BCUT2D eigenvalue weighted by molar-refractivity contribution is 4.99. The maximum absolute atomic E-state index is 5.28. The van der Waals surface area contributed by atoms with Gasteiger partial charge in [0.1, 0.15) is 0 Å². The number of nitrogens with zero attached hydrogens (tertiary/aromatic N) is 1. The van der Waals surface area contributed by atoms with Gasteiger partial charge in [-0.25, -0.2) is 0 Å². The van der Waals surface area contributed by atoms with E-state index in [4.69, 9.17) is 4.74 Å². The van der Waals surface area contributed by atoms with Crippen LogP contribution in [0, 0.1) is 10.8 Å². The Labute approximate surface area is 119 Å². The average molecular weight is 268 g/mol. The molecule has 2 rings (SSSR count). The first-order valence-corrected chi connectivity index (χ1v) is 7.83. The Morgan fingerprint density at radius 2 is 2.00 bits per heavy atom.